The van der Waals surface area contributed by atoms with E-state index in [1.54, 1.807) is 6.07 Å². The van der Waals surface area contributed by atoms with E-state index in [1.165, 1.54) is 11.3 Å². The summed E-state index contributed by atoms with van der Waals surface area (Å²) in [6.45, 7) is 2.54. The highest BCUT2D eigenvalue weighted by molar-refractivity contribution is 7.22. The standard InChI is InChI=1S/C20H17ClN4O3S/c1-2-27-14-6-3-12(4-7-14)19-24-18(28-25-19)10-9-17(26)23-20-22-15-8-5-13(21)11-16(15)29-20/h3-8,11H,2,9-10H2,1H3,(H,22,23,26). The van der Waals surface area contributed by atoms with Gasteiger partial charge in [0.2, 0.25) is 17.6 Å². The first-order valence-corrected chi connectivity index (χ1v) is 10.2. The minimum absolute atomic E-state index is 0.170. The predicted molar refractivity (Wildman–Crippen MR) is 112 cm³/mol. The second-order valence-electron chi connectivity index (χ2n) is 6.15. The monoisotopic (exact) mass is 428 g/mol. The van der Waals surface area contributed by atoms with E-state index in [4.69, 9.17) is 20.9 Å². The van der Waals surface area contributed by atoms with Gasteiger partial charge in [-0.15, -0.1) is 0 Å². The molecule has 9 heteroatoms. The maximum atomic E-state index is 12.2. The zero-order valence-corrected chi connectivity index (χ0v) is 17.1. The third kappa shape index (κ3) is 4.72. The van der Waals surface area contributed by atoms with Crippen LogP contribution < -0.4 is 10.1 Å². The second-order valence-corrected chi connectivity index (χ2v) is 7.62. The molecule has 0 spiro atoms. The summed E-state index contributed by atoms with van der Waals surface area (Å²) in [5, 5.41) is 7.95. The predicted octanol–water partition coefficient (Wildman–Crippen LogP) is 4.97. The van der Waals surface area contributed by atoms with Gasteiger partial charge < -0.3 is 14.6 Å². The van der Waals surface area contributed by atoms with Crippen LogP contribution in [0.2, 0.25) is 5.02 Å². The van der Waals surface area contributed by atoms with Crippen molar-refractivity contribution < 1.29 is 14.1 Å². The zero-order chi connectivity index (χ0) is 20.2. The van der Waals surface area contributed by atoms with Crippen molar-refractivity contribution in [2.24, 2.45) is 0 Å². The first kappa shape index (κ1) is 19.4. The lowest BCUT2D eigenvalue weighted by Gasteiger charge is -2.02. The number of aromatic nitrogens is 3. The summed E-state index contributed by atoms with van der Waals surface area (Å²) in [4.78, 5) is 21.0. The number of nitrogens with one attached hydrogen (secondary N) is 1. The van der Waals surface area contributed by atoms with Crippen LogP contribution in [0, 0.1) is 0 Å². The van der Waals surface area contributed by atoms with Gasteiger partial charge in [-0.1, -0.05) is 28.1 Å². The van der Waals surface area contributed by atoms with Crippen LogP contribution in [0.1, 0.15) is 19.2 Å². The Balaban J connectivity index is 1.34. The molecule has 0 aliphatic carbocycles. The third-order valence-corrected chi connectivity index (χ3v) is 5.22. The van der Waals surface area contributed by atoms with Crippen molar-refractivity contribution in [1.82, 2.24) is 15.1 Å². The lowest BCUT2D eigenvalue weighted by Crippen LogP contribution is -2.12. The molecule has 0 aliphatic rings. The number of amides is 1. The number of hydrogen-bond acceptors (Lipinski definition) is 7. The Morgan fingerprint density at radius 3 is 2.83 bits per heavy atom. The molecule has 29 heavy (non-hydrogen) atoms. The average molecular weight is 429 g/mol. The molecule has 2 aromatic carbocycles. The number of carbonyl (C=O) groups excluding carboxylic acids is 1. The van der Waals surface area contributed by atoms with Gasteiger partial charge in [-0.05, 0) is 49.4 Å². The molecule has 1 amide bonds. The van der Waals surface area contributed by atoms with Crippen molar-refractivity contribution in [3.8, 4) is 17.1 Å². The molecule has 2 aromatic heterocycles. The summed E-state index contributed by atoms with van der Waals surface area (Å²) in [5.41, 5.74) is 1.62. The molecular formula is C20H17ClN4O3S. The van der Waals surface area contributed by atoms with Crippen molar-refractivity contribution in [2.75, 3.05) is 11.9 Å². The minimum Gasteiger partial charge on any atom is -0.494 e. The van der Waals surface area contributed by atoms with Gasteiger partial charge >= 0.3 is 0 Å². The summed E-state index contributed by atoms with van der Waals surface area (Å²) in [7, 11) is 0. The molecule has 0 saturated carbocycles. The number of thiazole rings is 1. The van der Waals surface area contributed by atoms with Gasteiger partial charge in [-0.3, -0.25) is 4.79 Å². The first-order valence-electron chi connectivity index (χ1n) is 9.02. The van der Waals surface area contributed by atoms with E-state index in [2.05, 4.69) is 20.4 Å². The van der Waals surface area contributed by atoms with Crippen LogP contribution >= 0.6 is 22.9 Å². The fourth-order valence-corrected chi connectivity index (χ4v) is 3.85. The van der Waals surface area contributed by atoms with Gasteiger partial charge in [-0.2, -0.15) is 4.98 Å². The van der Waals surface area contributed by atoms with Crippen molar-refractivity contribution in [2.45, 2.75) is 19.8 Å². The van der Waals surface area contributed by atoms with E-state index < -0.39 is 0 Å². The van der Waals surface area contributed by atoms with Gasteiger partial charge in [-0.25, -0.2) is 4.98 Å². The van der Waals surface area contributed by atoms with Crippen molar-refractivity contribution in [3.05, 3.63) is 53.4 Å². The zero-order valence-electron chi connectivity index (χ0n) is 15.5. The number of halogens is 1. The smallest absolute Gasteiger partial charge is 0.227 e. The SMILES string of the molecule is CCOc1ccc(-c2noc(CCC(=O)Nc3nc4ccc(Cl)cc4s3)n2)cc1. The van der Waals surface area contributed by atoms with Gasteiger partial charge in [0.1, 0.15) is 5.75 Å². The Labute approximate surface area is 175 Å². The first-order chi connectivity index (χ1) is 14.1. The van der Waals surface area contributed by atoms with Gasteiger partial charge in [0.15, 0.2) is 5.13 Å². The number of nitrogens with zero attached hydrogens (tertiary/aromatic N) is 3. The van der Waals surface area contributed by atoms with E-state index >= 15 is 0 Å². The van der Waals surface area contributed by atoms with Crippen LogP contribution in [-0.4, -0.2) is 27.6 Å². The van der Waals surface area contributed by atoms with Crippen LogP contribution in [0.3, 0.4) is 0 Å². The van der Waals surface area contributed by atoms with Gasteiger partial charge in [0, 0.05) is 23.4 Å². The highest BCUT2D eigenvalue weighted by Crippen LogP contribution is 2.28. The van der Waals surface area contributed by atoms with Crippen molar-refractivity contribution in [3.63, 3.8) is 0 Å². The Kier molecular flexibility index (Phi) is 5.73. The fourth-order valence-electron chi connectivity index (χ4n) is 2.69. The maximum absolute atomic E-state index is 12.2. The fraction of sp³-hybridized carbons (Fsp3) is 0.200. The normalized spacial score (nSPS) is 11.0. The molecule has 0 atom stereocenters. The molecule has 0 fully saturated rings. The average Bonchev–Trinajstić information content (AvgIpc) is 3.33. The molecule has 2 heterocycles. The summed E-state index contributed by atoms with van der Waals surface area (Å²) in [6.07, 6.45) is 0.550. The summed E-state index contributed by atoms with van der Waals surface area (Å²) >= 11 is 7.36. The van der Waals surface area contributed by atoms with E-state index in [-0.39, 0.29) is 12.3 Å². The van der Waals surface area contributed by atoms with Crippen LogP contribution in [0.5, 0.6) is 5.75 Å². The summed E-state index contributed by atoms with van der Waals surface area (Å²) in [5.74, 6) is 1.50. The van der Waals surface area contributed by atoms with E-state index in [1.807, 2.05) is 43.3 Å². The lowest BCUT2D eigenvalue weighted by atomic mass is 10.2. The lowest BCUT2D eigenvalue weighted by molar-refractivity contribution is -0.116. The third-order valence-electron chi connectivity index (χ3n) is 4.05. The number of anilines is 1. The second kappa shape index (κ2) is 8.59. The molecule has 0 aliphatic heterocycles. The van der Waals surface area contributed by atoms with Crippen LogP contribution in [0.25, 0.3) is 21.6 Å². The number of rotatable bonds is 7. The number of aryl methyl sites for hydroxylation is 1. The summed E-state index contributed by atoms with van der Waals surface area (Å²) in [6, 6.07) is 12.9. The van der Waals surface area contributed by atoms with E-state index in [0.29, 0.717) is 34.9 Å². The largest absolute Gasteiger partial charge is 0.494 e. The number of ether oxygens (including phenoxy) is 1. The van der Waals surface area contributed by atoms with Crippen LogP contribution in [0.4, 0.5) is 5.13 Å². The number of carbonyl (C=O) groups is 1. The molecular weight excluding hydrogens is 412 g/mol. The Hall–Kier alpha value is -2.97. The Bertz CT molecular complexity index is 1140. The van der Waals surface area contributed by atoms with E-state index in [0.717, 1.165) is 21.5 Å². The number of fused-ring (bicyclic) bond motifs is 1. The topological polar surface area (TPSA) is 90.1 Å². The molecule has 1 N–H and O–H groups in total. The van der Waals surface area contributed by atoms with Crippen LogP contribution in [0.15, 0.2) is 47.0 Å². The van der Waals surface area contributed by atoms with Crippen molar-refractivity contribution >= 4 is 44.2 Å². The molecule has 0 bridgehead atoms. The quantitative estimate of drug-likeness (QED) is 0.447. The molecule has 0 saturated heterocycles. The van der Waals surface area contributed by atoms with Gasteiger partial charge in [0.25, 0.3) is 0 Å². The minimum atomic E-state index is -0.170. The highest BCUT2D eigenvalue weighted by Gasteiger charge is 2.13. The van der Waals surface area contributed by atoms with Crippen LogP contribution in [-0.2, 0) is 11.2 Å². The van der Waals surface area contributed by atoms with Crippen molar-refractivity contribution in [1.29, 1.82) is 0 Å². The number of hydrogen-bond donors (Lipinski definition) is 1. The maximum Gasteiger partial charge on any atom is 0.227 e. The Morgan fingerprint density at radius 2 is 2.03 bits per heavy atom. The summed E-state index contributed by atoms with van der Waals surface area (Å²) < 4.78 is 11.6. The highest BCUT2D eigenvalue weighted by atomic mass is 35.5. The van der Waals surface area contributed by atoms with E-state index in [9.17, 15) is 4.79 Å². The van der Waals surface area contributed by atoms with Gasteiger partial charge in [0.05, 0.1) is 16.8 Å². The molecule has 4 aromatic rings. The molecule has 7 nitrogen and oxygen atoms in total. The molecule has 4 rings (SSSR count). The Morgan fingerprint density at radius 1 is 1.21 bits per heavy atom. The molecule has 0 unspecified atom stereocenters. The molecule has 148 valence electrons. The molecule has 0 radical (unpaired) electrons. The number of benzene rings is 2.